The normalized spacial score (nSPS) is 17.9. The Morgan fingerprint density at radius 3 is 2.37 bits per heavy atom. The molecule has 0 atom stereocenters. The number of halogens is 4. The van der Waals surface area contributed by atoms with Crippen LogP contribution in [0.25, 0.3) is 0 Å². The lowest BCUT2D eigenvalue weighted by Gasteiger charge is -2.41. The topological polar surface area (TPSA) is 37.3 Å². The summed E-state index contributed by atoms with van der Waals surface area (Å²) in [7, 11) is 0. The van der Waals surface area contributed by atoms with Gasteiger partial charge in [0.2, 0.25) is 0 Å². The number of carboxylic acid groups (broad SMARTS) is 1. The fourth-order valence-electron chi connectivity index (χ4n) is 2.59. The fourth-order valence-corrected chi connectivity index (χ4v) is 2.59. The Kier molecular flexibility index (Phi) is 3.28. The molecule has 0 radical (unpaired) electrons. The number of aliphatic carboxylic acids is 1. The monoisotopic (exact) mass is 276 g/mol. The maximum Gasteiger partial charge on any atom is 0.419 e. The van der Waals surface area contributed by atoms with Gasteiger partial charge < -0.3 is 5.11 Å². The molecule has 1 fully saturated rings. The van der Waals surface area contributed by atoms with Gasteiger partial charge in [-0.25, -0.2) is 4.39 Å². The van der Waals surface area contributed by atoms with E-state index in [0.717, 1.165) is 6.07 Å². The van der Waals surface area contributed by atoms with E-state index < -0.39 is 28.9 Å². The third-order valence-electron chi connectivity index (χ3n) is 3.68. The molecule has 0 aromatic heterocycles. The smallest absolute Gasteiger partial charge is 0.419 e. The van der Waals surface area contributed by atoms with E-state index in [0.29, 0.717) is 25.3 Å². The third kappa shape index (κ3) is 2.43. The van der Waals surface area contributed by atoms with Crippen LogP contribution in [0.4, 0.5) is 17.6 Å². The molecule has 1 aromatic rings. The molecular weight excluding hydrogens is 264 g/mol. The van der Waals surface area contributed by atoms with E-state index in [1.807, 2.05) is 0 Å². The van der Waals surface area contributed by atoms with Crippen LogP contribution in [-0.4, -0.2) is 11.1 Å². The molecule has 0 unspecified atom stereocenters. The second-order valence-electron chi connectivity index (χ2n) is 4.87. The molecule has 19 heavy (non-hydrogen) atoms. The standard InChI is InChI=1S/C13H12F4O2/c14-11-8(3-1-4-9(11)13(15,16)17)12(5-2-6-12)7-10(18)19/h1,3-4H,2,5-7H2,(H,18,19). The quantitative estimate of drug-likeness (QED) is 0.854. The fraction of sp³-hybridized carbons (Fsp3) is 0.462. The average Bonchev–Trinajstić information content (AvgIpc) is 2.22. The van der Waals surface area contributed by atoms with Crippen LogP contribution < -0.4 is 0 Å². The molecule has 1 aliphatic rings. The summed E-state index contributed by atoms with van der Waals surface area (Å²) in [6.45, 7) is 0. The third-order valence-corrected chi connectivity index (χ3v) is 3.68. The molecule has 1 N–H and O–H groups in total. The minimum absolute atomic E-state index is 0.129. The zero-order chi connectivity index (χ0) is 14.3. The van der Waals surface area contributed by atoms with Crippen molar-refractivity contribution in [1.29, 1.82) is 0 Å². The lowest BCUT2D eigenvalue weighted by molar-refractivity contribution is -0.140. The van der Waals surface area contributed by atoms with Gasteiger partial charge in [0.15, 0.2) is 0 Å². The predicted molar refractivity (Wildman–Crippen MR) is 59.2 cm³/mol. The molecule has 0 heterocycles. The summed E-state index contributed by atoms with van der Waals surface area (Å²) < 4.78 is 52.0. The van der Waals surface area contributed by atoms with Crippen molar-refractivity contribution in [3.05, 3.63) is 35.1 Å². The SMILES string of the molecule is O=C(O)CC1(c2cccc(C(F)(F)F)c2F)CCC1. The maximum atomic E-state index is 14.0. The van der Waals surface area contributed by atoms with Gasteiger partial charge in [0.1, 0.15) is 5.82 Å². The van der Waals surface area contributed by atoms with E-state index in [4.69, 9.17) is 5.11 Å². The van der Waals surface area contributed by atoms with Gasteiger partial charge in [-0.3, -0.25) is 4.79 Å². The molecular formula is C13H12F4O2. The summed E-state index contributed by atoms with van der Waals surface area (Å²) in [6, 6.07) is 3.06. The molecule has 2 rings (SSSR count). The van der Waals surface area contributed by atoms with Gasteiger partial charge >= 0.3 is 12.1 Å². The Labute approximate surface area is 107 Å². The van der Waals surface area contributed by atoms with Gasteiger partial charge in [-0.1, -0.05) is 18.6 Å². The first-order valence-electron chi connectivity index (χ1n) is 5.84. The number of hydrogen-bond acceptors (Lipinski definition) is 1. The van der Waals surface area contributed by atoms with Crippen molar-refractivity contribution < 1.29 is 27.5 Å². The van der Waals surface area contributed by atoms with Crippen molar-refractivity contribution in [2.45, 2.75) is 37.3 Å². The van der Waals surface area contributed by atoms with Crippen LogP contribution in [0.15, 0.2) is 18.2 Å². The first-order chi connectivity index (χ1) is 8.76. The molecule has 1 aliphatic carbocycles. The molecule has 2 nitrogen and oxygen atoms in total. The van der Waals surface area contributed by atoms with Crippen molar-refractivity contribution in [3.8, 4) is 0 Å². The van der Waals surface area contributed by atoms with Gasteiger partial charge in [0, 0.05) is 5.41 Å². The highest BCUT2D eigenvalue weighted by molar-refractivity contribution is 5.69. The van der Waals surface area contributed by atoms with Crippen molar-refractivity contribution in [3.63, 3.8) is 0 Å². The first-order valence-corrected chi connectivity index (χ1v) is 5.84. The number of rotatable bonds is 3. The van der Waals surface area contributed by atoms with Gasteiger partial charge in [0.05, 0.1) is 12.0 Å². The van der Waals surface area contributed by atoms with Crippen molar-refractivity contribution in [2.24, 2.45) is 0 Å². The Morgan fingerprint density at radius 2 is 1.95 bits per heavy atom. The van der Waals surface area contributed by atoms with Crippen LogP contribution in [0.5, 0.6) is 0 Å². The lowest BCUT2D eigenvalue weighted by Crippen LogP contribution is -2.38. The highest BCUT2D eigenvalue weighted by Gasteiger charge is 2.45. The van der Waals surface area contributed by atoms with Crippen LogP contribution in [0, 0.1) is 5.82 Å². The molecule has 6 heteroatoms. The minimum Gasteiger partial charge on any atom is -0.481 e. The van der Waals surface area contributed by atoms with Crippen LogP contribution in [-0.2, 0) is 16.4 Å². The summed E-state index contributed by atoms with van der Waals surface area (Å²) in [5, 5.41) is 8.85. The summed E-state index contributed by atoms with van der Waals surface area (Å²) in [5.74, 6) is -2.47. The molecule has 0 bridgehead atoms. The molecule has 0 aliphatic heterocycles. The highest BCUT2D eigenvalue weighted by Crippen LogP contribution is 2.48. The van der Waals surface area contributed by atoms with E-state index in [9.17, 15) is 22.4 Å². The zero-order valence-corrected chi connectivity index (χ0v) is 9.93. The summed E-state index contributed by atoms with van der Waals surface area (Å²) >= 11 is 0. The minimum atomic E-state index is -4.77. The summed E-state index contributed by atoms with van der Waals surface area (Å²) in [4.78, 5) is 10.8. The van der Waals surface area contributed by atoms with Gasteiger partial charge in [-0.2, -0.15) is 13.2 Å². The lowest BCUT2D eigenvalue weighted by atomic mass is 9.62. The Bertz CT molecular complexity index is 504. The Hall–Kier alpha value is -1.59. The van der Waals surface area contributed by atoms with Gasteiger partial charge in [0.25, 0.3) is 0 Å². The summed E-state index contributed by atoms with van der Waals surface area (Å²) in [5.41, 5.74) is -2.45. The maximum absolute atomic E-state index is 14.0. The van der Waals surface area contributed by atoms with E-state index >= 15 is 0 Å². The molecule has 1 aromatic carbocycles. The number of alkyl halides is 3. The molecule has 0 saturated heterocycles. The molecule has 104 valence electrons. The van der Waals surface area contributed by atoms with Gasteiger partial charge in [-0.05, 0) is 24.5 Å². The second kappa shape index (κ2) is 4.51. The molecule has 0 spiro atoms. The number of carboxylic acids is 1. The number of benzene rings is 1. The Morgan fingerprint density at radius 1 is 1.32 bits per heavy atom. The van der Waals surface area contributed by atoms with E-state index in [2.05, 4.69) is 0 Å². The van der Waals surface area contributed by atoms with Crippen LogP contribution in [0.2, 0.25) is 0 Å². The van der Waals surface area contributed by atoms with E-state index in [1.165, 1.54) is 6.07 Å². The van der Waals surface area contributed by atoms with E-state index in [-0.39, 0.29) is 12.0 Å². The Balaban J connectivity index is 2.48. The number of carbonyl (C=O) groups is 1. The van der Waals surface area contributed by atoms with E-state index in [1.54, 1.807) is 0 Å². The molecule has 1 saturated carbocycles. The summed E-state index contributed by atoms with van der Waals surface area (Å²) in [6.07, 6.45) is -3.61. The molecule has 0 amide bonds. The largest absolute Gasteiger partial charge is 0.481 e. The first kappa shape index (κ1) is 13.8. The highest BCUT2D eigenvalue weighted by atomic mass is 19.4. The number of hydrogen-bond donors (Lipinski definition) is 1. The van der Waals surface area contributed by atoms with Crippen LogP contribution >= 0.6 is 0 Å². The van der Waals surface area contributed by atoms with Crippen LogP contribution in [0.3, 0.4) is 0 Å². The van der Waals surface area contributed by atoms with Crippen molar-refractivity contribution in [2.75, 3.05) is 0 Å². The van der Waals surface area contributed by atoms with Gasteiger partial charge in [-0.15, -0.1) is 0 Å². The zero-order valence-electron chi connectivity index (χ0n) is 9.93. The predicted octanol–water partition coefficient (Wildman–Crippen LogP) is 3.74. The van der Waals surface area contributed by atoms with Crippen molar-refractivity contribution >= 4 is 5.97 Å². The second-order valence-corrected chi connectivity index (χ2v) is 4.87. The average molecular weight is 276 g/mol. The van der Waals surface area contributed by atoms with Crippen molar-refractivity contribution in [1.82, 2.24) is 0 Å². The van der Waals surface area contributed by atoms with Crippen LogP contribution in [0.1, 0.15) is 36.8 Å².